The fourth-order valence-corrected chi connectivity index (χ4v) is 2.56. The standard InChI is InChI=1S/C19H20Cl2N2O3/c1-13-3-6-16(7-4-13)26-12-19(25)22-9-10-23(14(2)24)15-5-8-17(20)18(21)11-15/h3-8,11H,9-10,12H2,1-2H3,(H,22,25). The number of carbonyl (C=O) groups excluding carboxylic acids is 2. The molecule has 0 unspecified atom stereocenters. The van der Waals surface area contributed by atoms with Gasteiger partial charge in [0.25, 0.3) is 5.91 Å². The van der Waals surface area contributed by atoms with Crippen LogP contribution in [0.15, 0.2) is 42.5 Å². The quantitative estimate of drug-likeness (QED) is 0.775. The van der Waals surface area contributed by atoms with Crippen LogP contribution in [0.5, 0.6) is 5.75 Å². The maximum Gasteiger partial charge on any atom is 0.258 e. The zero-order valence-electron chi connectivity index (χ0n) is 14.6. The van der Waals surface area contributed by atoms with Crippen LogP contribution in [0, 0.1) is 6.92 Å². The first kappa shape index (κ1) is 20.1. The molecule has 0 aromatic heterocycles. The molecule has 26 heavy (non-hydrogen) atoms. The summed E-state index contributed by atoms with van der Waals surface area (Å²) in [5.41, 5.74) is 1.74. The summed E-state index contributed by atoms with van der Waals surface area (Å²) in [6.45, 7) is 3.94. The summed E-state index contributed by atoms with van der Waals surface area (Å²) in [5.74, 6) is 0.212. The van der Waals surface area contributed by atoms with Crippen molar-refractivity contribution < 1.29 is 14.3 Å². The first-order valence-electron chi connectivity index (χ1n) is 8.06. The van der Waals surface area contributed by atoms with Crippen LogP contribution < -0.4 is 15.0 Å². The Kier molecular flexibility index (Phi) is 7.30. The normalized spacial score (nSPS) is 10.3. The number of nitrogens with zero attached hydrogens (tertiary/aromatic N) is 1. The van der Waals surface area contributed by atoms with Crippen LogP contribution in [-0.2, 0) is 9.59 Å². The van der Waals surface area contributed by atoms with Gasteiger partial charge in [0.15, 0.2) is 6.61 Å². The smallest absolute Gasteiger partial charge is 0.258 e. The van der Waals surface area contributed by atoms with E-state index < -0.39 is 0 Å². The van der Waals surface area contributed by atoms with Gasteiger partial charge in [-0.2, -0.15) is 0 Å². The molecule has 1 N–H and O–H groups in total. The molecule has 0 aliphatic carbocycles. The van der Waals surface area contributed by atoms with Gasteiger partial charge in [0, 0.05) is 25.7 Å². The van der Waals surface area contributed by atoms with Crippen molar-refractivity contribution in [2.24, 2.45) is 0 Å². The van der Waals surface area contributed by atoms with Gasteiger partial charge < -0.3 is 15.0 Å². The number of amides is 2. The third kappa shape index (κ3) is 5.93. The molecule has 0 saturated carbocycles. The van der Waals surface area contributed by atoms with Crippen molar-refractivity contribution in [1.82, 2.24) is 5.32 Å². The fourth-order valence-electron chi connectivity index (χ4n) is 2.26. The van der Waals surface area contributed by atoms with Gasteiger partial charge in [-0.25, -0.2) is 0 Å². The second-order valence-electron chi connectivity index (χ2n) is 5.72. The molecule has 0 saturated heterocycles. The number of nitrogens with one attached hydrogen (secondary N) is 1. The lowest BCUT2D eigenvalue weighted by molar-refractivity contribution is -0.123. The number of hydrogen-bond acceptors (Lipinski definition) is 3. The third-order valence-electron chi connectivity index (χ3n) is 3.64. The molecule has 5 nitrogen and oxygen atoms in total. The molecule has 138 valence electrons. The number of benzene rings is 2. The summed E-state index contributed by atoms with van der Waals surface area (Å²) in [5, 5.41) is 3.51. The van der Waals surface area contributed by atoms with Gasteiger partial charge in [-0.15, -0.1) is 0 Å². The van der Waals surface area contributed by atoms with Crippen LogP contribution in [0.25, 0.3) is 0 Å². The summed E-state index contributed by atoms with van der Waals surface area (Å²) < 4.78 is 5.42. The van der Waals surface area contributed by atoms with Crippen molar-refractivity contribution in [1.29, 1.82) is 0 Å². The molecule has 0 spiro atoms. The molecule has 0 aliphatic heterocycles. The van der Waals surface area contributed by atoms with Crippen LogP contribution in [-0.4, -0.2) is 31.5 Å². The van der Waals surface area contributed by atoms with E-state index in [1.807, 2.05) is 31.2 Å². The molecule has 2 aromatic rings. The summed E-state index contributed by atoms with van der Waals surface area (Å²) in [4.78, 5) is 25.3. The summed E-state index contributed by atoms with van der Waals surface area (Å²) in [6, 6.07) is 12.4. The largest absolute Gasteiger partial charge is 0.484 e. The van der Waals surface area contributed by atoms with E-state index in [0.29, 0.717) is 28.0 Å². The van der Waals surface area contributed by atoms with Crippen LogP contribution in [0.1, 0.15) is 12.5 Å². The SMILES string of the molecule is CC(=O)N(CCNC(=O)COc1ccc(C)cc1)c1ccc(Cl)c(Cl)c1. The molecule has 2 amide bonds. The lowest BCUT2D eigenvalue weighted by Crippen LogP contribution is -2.39. The average molecular weight is 395 g/mol. The Morgan fingerprint density at radius 2 is 1.77 bits per heavy atom. The van der Waals surface area contributed by atoms with E-state index in [9.17, 15) is 9.59 Å². The fraction of sp³-hybridized carbons (Fsp3) is 0.263. The molecule has 0 fully saturated rings. The Bertz CT molecular complexity index is 779. The lowest BCUT2D eigenvalue weighted by atomic mass is 10.2. The maximum atomic E-state index is 11.9. The number of aryl methyl sites for hydroxylation is 1. The van der Waals surface area contributed by atoms with Gasteiger partial charge in [-0.3, -0.25) is 9.59 Å². The number of anilines is 1. The van der Waals surface area contributed by atoms with E-state index in [1.54, 1.807) is 18.2 Å². The molecule has 7 heteroatoms. The summed E-state index contributed by atoms with van der Waals surface area (Å²) >= 11 is 11.9. The highest BCUT2D eigenvalue weighted by molar-refractivity contribution is 6.42. The van der Waals surface area contributed by atoms with Crippen molar-refractivity contribution in [3.05, 3.63) is 58.1 Å². The Morgan fingerprint density at radius 3 is 2.38 bits per heavy atom. The van der Waals surface area contributed by atoms with E-state index >= 15 is 0 Å². The zero-order valence-corrected chi connectivity index (χ0v) is 16.1. The predicted molar refractivity (Wildman–Crippen MR) is 104 cm³/mol. The van der Waals surface area contributed by atoms with Crippen molar-refractivity contribution in [3.63, 3.8) is 0 Å². The van der Waals surface area contributed by atoms with Gasteiger partial charge in [-0.05, 0) is 37.3 Å². The first-order valence-corrected chi connectivity index (χ1v) is 8.81. The minimum Gasteiger partial charge on any atom is -0.484 e. The Balaban J connectivity index is 1.83. The van der Waals surface area contributed by atoms with E-state index in [1.165, 1.54) is 11.8 Å². The van der Waals surface area contributed by atoms with Crippen molar-refractivity contribution >= 4 is 40.7 Å². The van der Waals surface area contributed by atoms with Crippen molar-refractivity contribution in [2.45, 2.75) is 13.8 Å². The molecule has 2 aromatic carbocycles. The van der Waals surface area contributed by atoms with Gasteiger partial charge in [0.2, 0.25) is 5.91 Å². The Hall–Kier alpha value is -2.24. The van der Waals surface area contributed by atoms with Crippen molar-refractivity contribution in [3.8, 4) is 5.75 Å². The molecule has 0 radical (unpaired) electrons. The minimum absolute atomic E-state index is 0.0874. The van der Waals surface area contributed by atoms with E-state index in [2.05, 4.69) is 5.32 Å². The first-order chi connectivity index (χ1) is 12.4. The number of hydrogen-bond donors (Lipinski definition) is 1. The Morgan fingerprint density at radius 1 is 1.08 bits per heavy atom. The molecular weight excluding hydrogens is 375 g/mol. The molecule has 0 bridgehead atoms. The highest BCUT2D eigenvalue weighted by atomic mass is 35.5. The minimum atomic E-state index is -0.261. The number of ether oxygens (including phenoxy) is 1. The zero-order chi connectivity index (χ0) is 19.1. The van der Waals surface area contributed by atoms with E-state index in [0.717, 1.165) is 5.56 Å². The highest BCUT2D eigenvalue weighted by Gasteiger charge is 2.13. The Labute approximate surface area is 162 Å². The van der Waals surface area contributed by atoms with Crippen LogP contribution in [0.4, 0.5) is 5.69 Å². The van der Waals surface area contributed by atoms with Gasteiger partial charge in [-0.1, -0.05) is 40.9 Å². The second kappa shape index (κ2) is 9.46. The van der Waals surface area contributed by atoms with Crippen LogP contribution in [0.2, 0.25) is 10.0 Å². The molecule has 0 atom stereocenters. The average Bonchev–Trinajstić information content (AvgIpc) is 2.60. The maximum absolute atomic E-state index is 11.9. The molecule has 0 heterocycles. The van der Waals surface area contributed by atoms with Crippen LogP contribution >= 0.6 is 23.2 Å². The van der Waals surface area contributed by atoms with Crippen LogP contribution in [0.3, 0.4) is 0 Å². The number of halogens is 2. The molecule has 0 aliphatic rings. The lowest BCUT2D eigenvalue weighted by Gasteiger charge is -2.22. The van der Waals surface area contributed by atoms with Gasteiger partial charge >= 0.3 is 0 Å². The van der Waals surface area contributed by atoms with E-state index in [4.69, 9.17) is 27.9 Å². The van der Waals surface area contributed by atoms with Crippen molar-refractivity contribution in [2.75, 3.05) is 24.6 Å². The molecular formula is C19H20Cl2N2O3. The number of rotatable bonds is 7. The molecule has 2 rings (SSSR count). The monoisotopic (exact) mass is 394 g/mol. The number of carbonyl (C=O) groups is 2. The summed E-state index contributed by atoms with van der Waals surface area (Å²) in [6.07, 6.45) is 0. The topological polar surface area (TPSA) is 58.6 Å². The second-order valence-corrected chi connectivity index (χ2v) is 6.54. The highest BCUT2D eigenvalue weighted by Crippen LogP contribution is 2.27. The van der Waals surface area contributed by atoms with E-state index in [-0.39, 0.29) is 25.0 Å². The third-order valence-corrected chi connectivity index (χ3v) is 4.38. The van der Waals surface area contributed by atoms with Gasteiger partial charge in [0.05, 0.1) is 10.0 Å². The van der Waals surface area contributed by atoms with Gasteiger partial charge in [0.1, 0.15) is 5.75 Å². The predicted octanol–water partition coefficient (Wildman–Crippen LogP) is 3.85. The summed E-state index contributed by atoms with van der Waals surface area (Å²) in [7, 11) is 0.